The van der Waals surface area contributed by atoms with Gasteiger partial charge >= 0.3 is 5.97 Å². The van der Waals surface area contributed by atoms with Crippen molar-refractivity contribution in [2.75, 3.05) is 18.0 Å². The van der Waals surface area contributed by atoms with Gasteiger partial charge in [-0.25, -0.2) is 9.78 Å². The van der Waals surface area contributed by atoms with Crippen LogP contribution in [-0.2, 0) is 0 Å². The Bertz CT molecular complexity index is 729. The molecule has 4 heteroatoms. The molecular weight excluding hydrogens is 264 g/mol. The molecule has 1 heterocycles. The molecule has 2 aromatic rings. The van der Waals surface area contributed by atoms with Crippen molar-refractivity contribution in [3.8, 4) is 12.3 Å². The van der Waals surface area contributed by atoms with Crippen LogP contribution in [-0.4, -0.2) is 29.1 Å². The Balaban J connectivity index is 2.10. The van der Waals surface area contributed by atoms with E-state index in [1.54, 1.807) is 6.07 Å². The molecule has 0 radical (unpaired) electrons. The van der Waals surface area contributed by atoms with E-state index in [0.29, 0.717) is 18.3 Å². The zero-order valence-corrected chi connectivity index (χ0v) is 11.6. The largest absolute Gasteiger partial charge is 0.478 e. The summed E-state index contributed by atoms with van der Waals surface area (Å²) in [5, 5.41) is 10.3. The summed E-state index contributed by atoms with van der Waals surface area (Å²) >= 11 is 0. The highest BCUT2D eigenvalue weighted by Gasteiger charge is 2.27. The number of aromatic carboxylic acids is 1. The third-order valence-electron chi connectivity index (χ3n) is 3.69. The Morgan fingerprint density at radius 2 is 2.19 bits per heavy atom. The molecular formula is C17H16N2O2. The number of fused-ring (bicyclic) bond motifs is 1. The summed E-state index contributed by atoms with van der Waals surface area (Å²) in [6, 6.07) is 9.20. The Morgan fingerprint density at radius 3 is 2.86 bits per heavy atom. The number of pyridine rings is 1. The third kappa shape index (κ3) is 2.82. The monoisotopic (exact) mass is 280 g/mol. The number of carboxylic acids is 1. The first kappa shape index (κ1) is 13.4. The van der Waals surface area contributed by atoms with Gasteiger partial charge in [0, 0.05) is 11.9 Å². The average Bonchev–Trinajstić information content (AvgIpc) is 3.29. The molecule has 1 aliphatic rings. The van der Waals surface area contributed by atoms with E-state index in [1.165, 1.54) is 12.8 Å². The first-order valence-corrected chi connectivity index (χ1v) is 7.00. The minimum atomic E-state index is -0.971. The van der Waals surface area contributed by atoms with E-state index in [2.05, 4.69) is 10.9 Å². The number of anilines is 1. The molecule has 1 aliphatic carbocycles. The molecule has 0 unspecified atom stereocenters. The van der Waals surface area contributed by atoms with E-state index in [4.69, 9.17) is 6.42 Å². The van der Waals surface area contributed by atoms with Crippen LogP contribution < -0.4 is 4.90 Å². The molecule has 3 rings (SSSR count). The summed E-state index contributed by atoms with van der Waals surface area (Å²) in [4.78, 5) is 18.0. The summed E-state index contributed by atoms with van der Waals surface area (Å²) in [5.41, 5.74) is 1.000. The number of aromatic nitrogens is 1. The van der Waals surface area contributed by atoms with Crippen LogP contribution in [0.4, 0.5) is 5.82 Å². The van der Waals surface area contributed by atoms with Crippen LogP contribution in [0.5, 0.6) is 0 Å². The Morgan fingerprint density at radius 1 is 1.43 bits per heavy atom. The van der Waals surface area contributed by atoms with Crippen LogP contribution in [0.25, 0.3) is 10.9 Å². The summed E-state index contributed by atoms with van der Waals surface area (Å²) in [5.74, 6) is 2.72. The molecule has 0 bridgehead atoms. The zero-order valence-electron chi connectivity index (χ0n) is 11.6. The van der Waals surface area contributed by atoms with Gasteiger partial charge < -0.3 is 10.0 Å². The summed E-state index contributed by atoms with van der Waals surface area (Å²) in [6.07, 6.45) is 7.79. The molecule has 1 fully saturated rings. The summed E-state index contributed by atoms with van der Waals surface area (Å²) in [6.45, 7) is 1.15. The molecule has 21 heavy (non-hydrogen) atoms. The van der Waals surface area contributed by atoms with Crippen molar-refractivity contribution >= 4 is 22.7 Å². The van der Waals surface area contributed by atoms with Gasteiger partial charge in [0.05, 0.1) is 12.1 Å². The zero-order chi connectivity index (χ0) is 14.8. The predicted octanol–water partition coefficient (Wildman–Crippen LogP) is 2.78. The minimum Gasteiger partial charge on any atom is -0.478 e. The number of hydrogen-bond acceptors (Lipinski definition) is 3. The molecule has 0 amide bonds. The molecule has 1 aromatic carbocycles. The number of terminal acetylenes is 1. The van der Waals surface area contributed by atoms with E-state index in [9.17, 15) is 9.90 Å². The van der Waals surface area contributed by atoms with Gasteiger partial charge in [0.1, 0.15) is 11.4 Å². The van der Waals surface area contributed by atoms with Crippen LogP contribution in [0, 0.1) is 18.3 Å². The molecule has 106 valence electrons. The Kier molecular flexibility index (Phi) is 3.49. The highest BCUT2D eigenvalue weighted by molar-refractivity contribution is 5.98. The highest BCUT2D eigenvalue weighted by atomic mass is 16.4. The van der Waals surface area contributed by atoms with Crippen molar-refractivity contribution in [2.45, 2.75) is 12.8 Å². The number of rotatable bonds is 5. The lowest BCUT2D eigenvalue weighted by Gasteiger charge is -2.23. The van der Waals surface area contributed by atoms with Gasteiger partial charge in [0.2, 0.25) is 0 Å². The molecule has 0 aliphatic heterocycles. The molecule has 0 spiro atoms. The van der Waals surface area contributed by atoms with Gasteiger partial charge in [-0.15, -0.1) is 6.42 Å². The second kappa shape index (κ2) is 5.45. The quantitative estimate of drug-likeness (QED) is 0.856. The average molecular weight is 280 g/mol. The van der Waals surface area contributed by atoms with Gasteiger partial charge in [-0.05, 0) is 30.9 Å². The second-order valence-electron chi connectivity index (χ2n) is 5.39. The maximum Gasteiger partial charge on any atom is 0.339 e. The molecule has 0 saturated heterocycles. The smallest absolute Gasteiger partial charge is 0.339 e. The van der Waals surface area contributed by atoms with E-state index < -0.39 is 5.97 Å². The van der Waals surface area contributed by atoms with E-state index in [0.717, 1.165) is 17.4 Å². The van der Waals surface area contributed by atoms with Gasteiger partial charge in [0.15, 0.2) is 0 Å². The second-order valence-corrected chi connectivity index (χ2v) is 5.39. The number of para-hydroxylation sites is 1. The normalized spacial score (nSPS) is 13.9. The highest BCUT2D eigenvalue weighted by Crippen LogP contribution is 2.32. The lowest BCUT2D eigenvalue weighted by molar-refractivity contribution is 0.0697. The van der Waals surface area contributed by atoms with Crippen molar-refractivity contribution < 1.29 is 9.90 Å². The van der Waals surface area contributed by atoms with Crippen LogP contribution in [0.2, 0.25) is 0 Å². The lowest BCUT2D eigenvalue weighted by Crippen LogP contribution is -2.29. The number of benzene rings is 1. The maximum atomic E-state index is 11.6. The number of carbonyl (C=O) groups is 1. The van der Waals surface area contributed by atoms with Gasteiger partial charge in [-0.2, -0.15) is 0 Å². The van der Waals surface area contributed by atoms with Crippen molar-refractivity contribution in [3.05, 3.63) is 35.9 Å². The molecule has 1 N–H and O–H groups in total. The number of hydrogen-bond donors (Lipinski definition) is 1. The van der Waals surface area contributed by atoms with Gasteiger partial charge in [-0.1, -0.05) is 24.1 Å². The topological polar surface area (TPSA) is 53.4 Å². The molecule has 0 atom stereocenters. The first-order chi connectivity index (χ1) is 10.2. The number of nitrogens with zero attached hydrogens (tertiary/aromatic N) is 2. The fourth-order valence-corrected chi connectivity index (χ4v) is 2.45. The van der Waals surface area contributed by atoms with E-state index in [1.807, 2.05) is 29.2 Å². The van der Waals surface area contributed by atoms with Crippen LogP contribution >= 0.6 is 0 Å². The summed E-state index contributed by atoms with van der Waals surface area (Å²) < 4.78 is 0. The first-order valence-electron chi connectivity index (χ1n) is 7.00. The van der Waals surface area contributed by atoms with Crippen LogP contribution in [0.3, 0.4) is 0 Å². The van der Waals surface area contributed by atoms with Gasteiger partial charge in [0.25, 0.3) is 0 Å². The van der Waals surface area contributed by atoms with E-state index in [-0.39, 0.29) is 5.56 Å². The number of carboxylic acid groups (broad SMARTS) is 1. The van der Waals surface area contributed by atoms with Crippen LogP contribution in [0.1, 0.15) is 23.2 Å². The Hall–Kier alpha value is -2.54. The fourth-order valence-electron chi connectivity index (χ4n) is 2.45. The molecule has 1 saturated carbocycles. The SMILES string of the molecule is C#CCN(CC1CC1)c1nc2ccccc2cc1C(=O)O. The van der Waals surface area contributed by atoms with Crippen LogP contribution in [0.15, 0.2) is 30.3 Å². The van der Waals surface area contributed by atoms with E-state index >= 15 is 0 Å². The predicted molar refractivity (Wildman–Crippen MR) is 82.5 cm³/mol. The van der Waals surface area contributed by atoms with Crippen molar-refractivity contribution in [2.24, 2.45) is 5.92 Å². The third-order valence-corrected chi connectivity index (χ3v) is 3.69. The maximum absolute atomic E-state index is 11.6. The fraction of sp³-hybridized carbons (Fsp3) is 0.294. The standard InChI is InChI=1S/C17H16N2O2/c1-2-9-19(11-12-7-8-12)16-14(17(20)21)10-13-5-3-4-6-15(13)18-16/h1,3-6,10,12H,7-9,11H2,(H,20,21). The van der Waals surface area contributed by atoms with Gasteiger partial charge in [-0.3, -0.25) is 0 Å². The van der Waals surface area contributed by atoms with Crippen molar-refractivity contribution in [1.82, 2.24) is 4.98 Å². The van der Waals surface area contributed by atoms with Crippen molar-refractivity contribution in [1.29, 1.82) is 0 Å². The molecule has 1 aromatic heterocycles. The lowest BCUT2D eigenvalue weighted by atomic mass is 10.1. The van der Waals surface area contributed by atoms with Crippen molar-refractivity contribution in [3.63, 3.8) is 0 Å². The molecule has 4 nitrogen and oxygen atoms in total. The Labute approximate surface area is 123 Å². The minimum absolute atomic E-state index is 0.213. The summed E-state index contributed by atoms with van der Waals surface area (Å²) in [7, 11) is 0.